The number of ether oxygens (including phenoxy) is 2. The van der Waals surface area contributed by atoms with Crippen molar-refractivity contribution in [3.05, 3.63) is 12.5 Å². The summed E-state index contributed by atoms with van der Waals surface area (Å²) in [5.74, 6) is -1.13. The van der Waals surface area contributed by atoms with E-state index in [1.165, 1.54) is 12.5 Å². The third-order valence-electron chi connectivity index (χ3n) is 2.96. The van der Waals surface area contributed by atoms with Crippen LogP contribution in [0.15, 0.2) is 12.5 Å². The van der Waals surface area contributed by atoms with Gasteiger partial charge < -0.3 is 25.8 Å². The Morgan fingerprint density at radius 2 is 2.21 bits per heavy atom. The van der Waals surface area contributed by atoms with Crippen LogP contribution in [0.1, 0.15) is 27.2 Å². The van der Waals surface area contributed by atoms with Crippen molar-refractivity contribution in [2.75, 3.05) is 5.32 Å². The van der Waals surface area contributed by atoms with Crippen LogP contribution in [0.4, 0.5) is 10.5 Å². The summed E-state index contributed by atoms with van der Waals surface area (Å²) in [6.45, 7) is 5.04. The lowest BCUT2D eigenvalue weighted by Gasteiger charge is -2.27. The Balaban J connectivity index is 2.04. The van der Waals surface area contributed by atoms with Crippen LogP contribution in [-0.4, -0.2) is 45.6 Å². The second-order valence-corrected chi connectivity index (χ2v) is 6.17. The van der Waals surface area contributed by atoms with Gasteiger partial charge >= 0.3 is 6.09 Å². The molecule has 24 heavy (non-hydrogen) atoms. The second-order valence-electron chi connectivity index (χ2n) is 6.17. The van der Waals surface area contributed by atoms with Gasteiger partial charge in [0.15, 0.2) is 6.10 Å². The minimum Gasteiger partial charge on any atom is -0.463 e. The maximum Gasteiger partial charge on any atom is 0.408 e. The van der Waals surface area contributed by atoms with Gasteiger partial charge in [-0.05, 0) is 20.8 Å². The fraction of sp³-hybridized carbons (Fsp3) is 0.500. The molecule has 2 heterocycles. The number of rotatable bonds is 4. The molecule has 0 fully saturated rings. The molecule has 4 N–H and O–H groups in total. The number of primary amides is 1. The zero-order valence-corrected chi connectivity index (χ0v) is 13.5. The number of nitrogens with two attached hydrogens (primary N) is 1. The van der Waals surface area contributed by atoms with Crippen molar-refractivity contribution in [3.8, 4) is 5.88 Å². The Labute approximate surface area is 138 Å². The largest absolute Gasteiger partial charge is 0.463 e. The lowest BCUT2D eigenvalue weighted by molar-refractivity contribution is -0.126. The fourth-order valence-corrected chi connectivity index (χ4v) is 1.96. The Bertz CT molecular complexity index is 657. The molecule has 1 aliphatic heterocycles. The van der Waals surface area contributed by atoms with Gasteiger partial charge in [-0.2, -0.15) is 4.98 Å². The van der Waals surface area contributed by atoms with E-state index in [9.17, 15) is 14.4 Å². The Hall–Kier alpha value is -2.91. The van der Waals surface area contributed by atoms with Crippen molar-refractivity contribution in [2.24, 2.45) is 5.73 Å². The highest BCUT2D eigenvalue weighted by atomic mass is 16.6. The number of nitrogens with one attached hydrogen (secondary N) is 2. The Morgan fingerprint density at radius 3 is 2.83 bits per heavy atom. The highest BCUT2D eigenvalue weighted by Crippen LogP contribution is 2.26. The highest BCUT2D eigenvalue weighted by molar-refractivity contribution is 5.97. The number of carbonyl (C=O) groups is 3. The number of carbonyl (C=O) groups excluding carboxylic acids is 3. The van der Waals surface area contributed by atoms with E-state index in [0.717, 1.165) is 0 Å². The summed E-state index contributed by atoms with van der Waals surface area (Å²) in [7, 11) is 0. The van der Waals surface area contributed by atoms with Crippen LogP contribution in [0.2, 0.25) is 0 Å². The standard InChI is InChI=1S/C14H19N5O5/c1-14(2,3)24-13(22)19-7(10(15)20)4-9-11(21)18-8-5-16-6-17-12(8)23-9/h5-7,9H,4H2,1-3H3,(H2,15,20)(H,18,21)(H,19,22)/t7-,9?/m0/s1. The average molecular weight is 337 g/mol. The first-order valence-corrected chi connectivity index (χ1v) is 7.22. The third kappa shape index (κ3) is 4.54. The van der Waals surface area contributed by atoms with Gasteiger partial charge in [-0.3, -0.25) is 9.59 Å². The molecule has 2 atom stereocenters. The molecule has 0 saturated carbocycles. The van der Waals surface area contributed by atoms with Crippen molar-refractivity contribution < 1.29 is 23.9 Å². The third-order valence-corrected chi connectivity index (χ3v) is 2.96. The number of hydrogen-bond acceptors (Lipinski definition) is 7. The van der Waals surface area contributed by atoms with Crippen LogP contribution in [0.3, 0.4) is 0 Å². The first kappa shape index (κ1) is 17.4. The summed E-state index contributed by atoms with van der Waals surface area (Å²) in [5.41, 5.74) is 4.88. The molecule has 1 unspecified atom stereocenters. The highest BCUT2D eigenvalue weighted by Gasteiger charge is 2.34. The van der Waals surface area contributed by atoms with Crippen molar-refractivity contribution >= 4 is 23.6 Å². The molecule has 0 bridgehead atoms. The van der Waals surface area contributed by atoms with Gasteiger partial charge in [0.2, 0.25) is 11.8 Å². The molecule has 1 aliphatic rings. The van der Waals surface area contributed by atoms with Crippen LogP contribution in [0.5, 0.6) is 5.88 Å². The van der Waals surface area contributed by atoms with Gasteiger partial charge in [-0.25, -0.2) is 9.78 Å². The number of fused-ring (bicyclic) bond motifs is 1. The molecule has 0 saturated heterocycles. The second kappa shape index (κ2) is 6.69. The van der Waals surface area contributed by atoms with Gasteiger partial charge in [0.05, 0.1) is 6.20 Å². The number of amides is 3. The van der Waals surface area contributed by atoms with E-state index >= 15 is 0 Å². The molecule has 1 aromatic rings. The summed E-state index contributed by atoms with van der Waals surface area (Å²) >= 11 is 0. The summed E-state index contributed by atoms with van der Waals surface area (Å²) in [6.07, 6.45) is 0.632. The van der Waals surface area contributed by atoms with Gasteiger partial charge in [-0.1, -0.05) is 0 Å². The molecule has 0 radical (unpaired) electrons. The van der Waals surface area contributed by atoms with E-state index in [2.05, 4.69) is 20.6 Å². The van der Waals surface area contributed by atoms with E-state index in [-0.39, 0.29) is 12.3 Å². The van der Waals surface area contributed by atoms with Crippen LogP contribution in [0.25, 0.3) is 0 Å². The molecule has 1 aromatic heterocycles. The normalized spacial score (nSPS) is 17.8. The lowest BCUT2D eigenvalue weighted by atomic mass is 10.1. The molecule has 10 nitrogen and oxygen atoms in total. The zero-order valence-electron chi connectivity index (χ0n) is 13.5. The number of alkyl carbamates (subject to hydrolysis) is 1. The SMILES string of the molecule is CC(C)(C)OC(=O)N[C@@H](CC1Oc2ncncc2NC1=O)C(N)=O. The molecule has 2 rings (SSSR count). The number of anilines is 1. The maximum absolute atomic E-state index is 12.0. The molecule has 10 heteroatoms. The number of hydrogen-bond donors (Lipinski definition) is 3. The summed E-state index contributed by atoms with van der Waals surface area (Å²) in [4.78, 5) is 43.1. The Morgan fingerprint density at radius 1 is 1.50 bits per heavy atom. The van der Waals surface area contributed by atoms with E-state index < -0.39 is 35.7 Å². The summed E-state index contributed by atoms with van der Waals surface area (Å²) < 4.78 is 10.5. The predicted molar refractivity (Wildman–Crippen MR) is 82.0 cm³/mol. The van der Waals surface area contributed by atoms with E-state index in [1.54, 1.807) is 20.8 Å². The first-order valence-electron chi connectivity index (χ1n) is 7.22. The minimum atomic E-state index is -1.14. The van der Waals surface area contributed by atoms with Crippen LogP contribution in [-0.2, 0) is 14.3 Å². The average Bonchev–Trinajstić information content (AvgIpc) is 2.45. The van der Waals surface area contributed by atoms with Crippen molar-refractivity contribution in [2.45, 2.75) is 44.9 Å². The molecular weight excluding hydrogens is 318 g/mol. The molecule has 0 spiro atoms. The smallest absolute Gasteiger partial charge is 0.408 e. The van der Waals surface area contributed by atoms with Crippen LogP contribution < -0.4 is 21.1 Å². The van der Waals surface area contributed by atoms with Gasteiger partial charge in [0.25, 0.3) is 5.91 Å². The van der Waals surface area contributed by atoms with E-state index in [4.69, 9.17) is 15.2 Å². The Kier molecular flexibility index (Phi) is 4.86. The molecule has 130 valence electrons. The summed E-state index contributed by atoms with van der Waals surface area (Å²) in [6, 6.07) is -1.14. The molecular formula is C14H19N5O5. The van der Waals surface area contributed by atoms with E-state index in [1.807, 2.05) is 0 Å². The van der Waals surface area contributed by atoms with Crippen molar-refractivity contribution in [1.29, 1.82) is 0 Å². The van der Waals surface area contributed by atoms with Crippen LogP contribution in [0, 0.1) is 0 Å². The minimum absolute atomic E-state index is 0.163. The summed E-state index contributed by atoms with van der Waals surface area (Å²) in [5, 5.41) is 4.90. The monoisotopic (exact) mass is 337 g/mol. The topological polar surface area (TPSA) is 146 Å². The first-order chi connectivity index (χ1) is 11.2. The van der Waals surface area contributed by atoms with Crippen molar-refractivity contribution in [3.63, 3.8) is 0 Å². The number of aromatic nitrogens is 2. The maximum atomic E-state index is 12.0. The molecule has 0 aliphatic carbocycles. The quantitative estimate of drug-likeness (QED) is 0.698. The van der Waals surface area contributed by atoms with Gasteiger partial charge in [0, 0.05) is 6.42 Å². The predicted octanol–water partition coefficient (Wildman–Crippen LogP) is -0.0552. The van der Waals surface area contributed by atoms with Gasteiger partial charge in [0.1, 0.15) is 23.7 Å². The van der Waals surface area contributed by atoms with Crippen LogP contribution >= 0.6 is 0 Å². The zero-order chi connectivity index (χ0) is 17.9. The lowest BCUT2D eigenvalue weighted by Crippen LogP contribution is -2.51. The van der Waals surface area contributed by atoms with Gasteiger partial charge in [-0.15, -0.1) is 0 Å². The fourth-order valence-electron chi connectivity index (χ4n) is 1.96. The molecule has 0 aromatic carbocycles. The number of nitrogens with zero attached hydrogens (tertiary/aromatic N) is 2. The van der Waals surface area contributed by atoms with E-state index in [0.29, 0.717) is 5.69 Å². The van der Waals surface area contributed by atoms with Crippen molar-refractivity contribution in [1.82, 2.24) is 15.3 Å². The molecule has 3 amide bonds.